The highest BCUT2D eigenvalue weighted by Gasteiger charge is 2.33. The van der Waals surface area contributed by atoms with Crippen LogP contribution in [0.15, 0.2) is 53.1 Å². The van der Waals surface area contributed by atoms with Crippen molar-refractivity contribution in [2.75, 3.05) is 32.7 Å². The molecule has 30 heavy (non-hydrogen) atoms. The van der Waals surface area contributed by atoms with Gasteiger partial charge in [0.15, 0.2) is 0 Å². The quantitative estimate of drug-likeness (QED) is 0.375. The molecule has 0 radical (unpaired) electrons. The van der Waals surface area contributed by atoms with E-state index < -0.39 is 5.41 Å². The first-order valence-electron chi connectivity index (χ1n) is 10.1. The summed E-state index contributed by atoms with van der Waals surface area (Å²) in [5, 5.41) is 0. The summed E-state index contributed by atoms with van der Waals surface area (Å²) in [4.78, 5) is 29.6. The van der Waals surface area contributed by atoms with Gasteiger partial charge in [-0.2, -0.15) is 0 Å². The number of amides is 2. The predicted octanol–water partition coefficient (Wildman–Crippen LogP) is 3.94. The van der Waals surface area contributed by atoms with Crippen molar-refractivity contribution in [3.05, 3.63) is 60.1 Å². The topological polar surface area (TPSA) is 63.0 Å². The van der Waals surface area contributed by atoms with E-state index in [1.807, 2.05) is 36.4 Å². The molecule has 164 valence electrons. The van der Waals surface area contributed by atoms with Gasteiger partial charge in [-0.1, -0.05) is 30.3 Å². The fourth-order valence-corrected chi connectivity index (χ4v) is 3.14. The minimum Gasteiger partial charge on any atom is -0.467 e. The third kappa shape index (κ3) is 7.18. The lowest BCUT2D eigenvalue weighted by atomic mass is 9.94. The van der Waals surface area contributed by atoms with E-state index in [-0.39, 0.29) is 24.2 Å². The minimum atomic E-state index is -0.750. The van der Waals surface area contributed by atoms with Crippen LogP contribution in [0.4, 0.5) is 0 Å². The number of halogens is 1. The number of methoxy groups -OCH3 is 1. The molecule has 0 aliphatic heterocycles. The summed E-state index contributed by atoms with van der Waals surface area (Å²) in [6, 6.07) is 13.4. The Balaban J connectivity index is 2.18. The van der Waals surface area contributed by atoms with Crippen LogP contribution in [0, 0.1) is 5.41 Å². The SMILES string of the molecule is COCCCN(CC(=O)N(Cc1ccccc1)Cc1ccco1)C(=O)C(C)(C)CCl. The van der Waals surface area contributed by atoms with Crippen LogP contribution in [0.25, 0.3) is 0 Å². The number of carbonyl (C=O) groups excluding carboxylic acids is 2. The standard InChI is InChI=1S/C23H31ClN2O4/c1-23(2,18-24)22(28)25(12-8-13-29-3)17-21(27)26(16-20-11-7-14-30-20)15-19-9-5-4-6-10-19/h4-7,9-11,14H,8,12-13,15-18H2,1-3H3. The average molecular weight is 435 g/mol. The molecule has 0 fully saturated rings. The number of benzene rings is 1. The zero-order chi connectivity index (χ0) is 22.0. The molecule has 2 amide bonds. The molecule has 2 rings (SSSR count). The Morgan fingerprint density at radius 1 is 1.07 bits per heavy atom. The summed E-state index contributed by atoms with van der Waals surface area (Å²) in [7, 11) is 1.62. The number of hydrogen-bond acceptors (Lipinski definition) is 4. The Labute approximate surface area is 183 Å². The van der Waals surface area contributed by atoms with Gasteiger partial charge in [-0.25, -0.2) is 0 Å². The zero-order valence-corrected chi connectivity index (χ0v) is 18.7. The molecular formula is C23H31ClN2O4. The fraction of sp³-hybridized carbons (Fsp3) is 0.478. The molecule has 0 aliphatic carbocycles. The van der Waals surface area contributed by atoms with E-state index in [9.17, 15) is 9.59 Å². The van der Waals surface area contributed by atoms with Gasteiger partial charge in [0.05, 0.1) is 24.8 Å². The van der Waals surface area contributed by atoms with Crippen LogP contribution < -0.4 is 0 Å². The maximum absolute atomic E-state index is 13.3. The number of nitrogens with zero attached hydrogens (tertiary/aromatic N) is 2. The van der Waals surface area contributed by atoms with E-state index in [0.29, 0.717) is 38.4 Å². The maximum Gasteiger partial charge on any atom is 0.242 e. The summed E-state index contributed by atoms with van der Waals surface area (Å²) >= 11 is 6.01. The van der Waals surface area contributed by atoms with Crippen molar-refractivity contribution >= 4 is 23.4 Å². The summed E-state index contributed by atoms with van der Waals surface area (Å²) in [6.07, 6.45) is 2.23. The molecule has 1 heterocycles. The highest BCUT2D eigenvalue weighted by molar-refractivity contribution is 6.19. The summed E-state index contributed by atoms with van der Waals surface area (Å²) in [5.41, 5.74) is 0.260. The molecular weight excluding hydrogens is 404 g/mol. The van der Waals surface area contributed by atoms with Crippen molar-refractivity contribution in [3.8, 4) is 0 Å². The number of rotatable bonds is 12. The van der Waals surface area contributed by atoms with Crippen molar-refractivity contribution in [2.45, 2.75) is 33.4 Å². The van der Waals surface area contributed by atoms with Crippen LogP contribution in [0.2, 0.25) is 0 Å². The van der Waals surface area contributed by atoms with Gasteiger partial charge in [0.25, 0.3) is 0 Å². The average Bonchev–Trinajstić information content (AvgIpc) is 3.26. The molecule has 2 aromatic rings. The van der Waals surface area contributed by atoms with E-state index >= 15 is 0 Å². The van der Waals surface area contributed by atoms with Gasteiger partial charge >= 0.3 is 0 Å². The van der Waals surface area contributed by atoms with Gasteiger partial charge in [0.1, 0.15) is 5.76 Å². The Morgan fingerprint density at radius 2 is 1.80 bits per heavy atom. The van der Waals surface area contributed by atoms with Crippen LogP contribution in [0.5, 0.6) is 0 Å². The zero-order valence-electron chi connectivity index (χ0n) is 18.0. The minimum absolute atomic E-state index is 0.0175. The Bertz CT molecular complexity index is 778. The molecule has 1 aromatic carbocycles. The molecule has 0 spiro atoms. The Hall–Kier alpha value is -2.31. The Morgan fingerprint density at radius 3 is 2.40 bits per heavy atom. The lowest BCUT2D eigenvalue weighted by Crippen LogP contribution is -2.48. The number of carbonyl (C=O) groups is 2. The lowest BCUT2D eigenvalue weighted by molar-refractivity contribution is -0.146. The summed E-state index contributed by atoms with van der Waals surface area (Å²) in [5.74, 6) is 0.588. The summed E-state index contributed by atoms with van der Waals surface area (Å²) in [6.45, 7) is 5.27. The third-order valence-corrected chi connectivity index (χ3v) is 5.47. The normalized spacial score (nSPS) is 11.3. The highest BCUT2D eigenvalue weighted by atomic mass is 35.5. The van der Waals surface area contributed by atoms with Gasteiger partial charge in [-0.3, -0.25) is 9.59 Å². The van der Waals surface area contributed by atoms with E-state index in [2.05, 4.69) is 0 Å². The van der Waals surface area contributed by atoms with E-state index in [4.69, 9.17) is 20.8 Å². The number of hydrogen-bond donors (Lipinski definition) is 0. The molecule has 1 aromatic heterocycles. The second kappa shape index (κ2) is 11.8. The molecule has 7 heteroatoms. The van der Waals surface area contributed by atoms with Crippen molar-refractivity contribution in [1.82, 2.24) is 9.80 Å². The highest BCUT2D eigenvalue weighted by Crippen LogP contribution is 2.21. The van der Waals surface area contributed by atoms with E-state index in [1.165, 1.54) is 0 Å². The molecule has 0 atom stereocenters. The van der Waals surface area contributed by atoms with Crippen LogP contribution in [0.1, 0.15) is 31.6 Å². The molecule has 0 saturated carbocycles. The van der Waals surface area contributed by atoms with Gasteiger partial charge in [0.2, 0.25) is 11.8 Å². The van der Waals surface area contributed by atoms with Crippen LogP contribution in [0.3, 0.4) is 0 Å². The van der Waals surface area contributed by atoms with E-state index in [0.717, 1.165) is 5.56 Å². The second-order valence-electron chi connectivity index (χ2n) is 7.91. The monoisotopic (exact) mass is 434 g/mol. The smallest absolute Gasteiger partial charge is 0.242 e. The van der Waals surface area contributed by atoms with Gasteiger partial charge < -0.3 is 19.0 Å². The molecule has 0 aliphatic rings. The molecule has 0 N–H and O–H groups in total. The van der Waals surface area contributed by atoms with Crippen LogP contribution >= 0.6 is 11.6 Å². The van der Waals surface area contributed by atoms with Crippen molar-refractivity contribution < 1.29 is 18.7 Å². The predicted molar refractivity (Wildman–Crippen MR) is 117 cm³/mol. The van der Waals surface area contributed by atoms with Crippen LogP contribution in [-0.2, 0) is 27.4 Å². The third-order valence-electron chi connectivity index (χ3n) is 4.80. The van der Waals surface area contributed by atoms with Crippen molar-refractivity contribution in [1.29, 1.82) is 0 Å². The van der Waals surface area contributed by atoms with Gasteiger partial charge in [-0.15, -0.1) is 11.6 Å². The number of ether oxygens (including phenoxy) is 1. The Kier molecular flexibility index (Phi) is 9.40. The first kappa shape index (κ1) is 24.0. The van der Waals surface area contributed by atoms with Crippen LogP contribution in [-0.4, -0.2) is 54.3 Å². The molecule has 0 unspecified atom stereocenters. The number of alkyl halides is 1. The first-order valence-corrected chi connectivity index (χ1v) is 10.6. The summed E-state index contributed by atoms with van der Waals surface area (Å²) < 4.78 is 10.6. The van der Waals surface area contributed by atoms with Crippen molar-refractivity contribution in [3.63, 3.8) is 0 Å². The van der Waals surface area contributed by atoms with Gasteiger partial charge in [-0.05, 0) is 38.0 Å². The fourth-order valence-electron chi connectivity index (χ4n) is 3.03. The first-order chi connectivity index (χ1) is 14.4. The molecule has 0 saturated heterocycles. The van der Waals surface area contributed by atoms with Gasteiger partial charge in [0, 0.05) is 32.7 Å². The largest absolute Gasteiger partial charge is 0.467 e. The molecule has 6 nitrogen and oxygen atoms in total. The van der Waals surface area contributed by atoms with Crippen molar-refractivity contribution in [2.24, 2.45) is 5.41 Å². The van der Waals surface area contributed by atoms with E-state index in [1.54, 1.807) is 43.1 Å². The lowest BCUT2D eigenvalue weighted by Gasteiger charge is -2.32. The maximum atomic E-state index is 13.3. The number of furan rings is 1. The second-order valence-corrected chi connectivity index (χ2v) is 8.17. The molecule has 0 bridgehead atoms.